The number of carbonyl (C=O) groups excluding carboxylic acids is 2. The van der Waals surface area contributed by atoms with Gasteiger partial charge in [-0.15, -0.1) is 0 Å². The summed E-state index contributed by atoms with van der Waals surface area (Å²) in [5, 5.41) is 0. The van der Waals surface area contributed by atoms with Crippen molar-refractivity contribution >= 4 is 11.8 Å². The van der Waals surface area contributed by atoms with Crippen LogP contribution < -0.4 is 0 Å². The molecule has 2 atom stereocenters. The molecule has 1 aromatic rings. The van der Waals surface area contributed by atoms with Crippen LogP contribution in [0.15, 0.2) is 24.3 Å². The molecule has 0 amide bonds. The van der Waals surface area contributed by atoms with Crippen LogP contribution >= 0.6 is 0 Å². The fraction of sp³-hybridized carbons (Fsp3) is 0.529. The zero-order valence-electron chi connectivity index (χ0n) is 13.0. The van der Waals surface area contributed by atoms with Gasteiger partial charge < -0.3 is 14.2 Å². The first-order valence-corrected chi connectivity index (χ1v) is 7.56. The minimum Gasteiger partial charge on any atom is -0.455 e. The van der Waals surface area contributed by atoms with Crippen LogP contribution in [-0.2, 0) is 19.0 Å². The van der Waals surface area contributed by atoms with Gasteiger partial charge in [-0.1, -0.05) is 29.8 Å². The van der Waals surface area contributed by atoms with Gasteiger partial charge in [0.15, 0.2) is 18.5 Å². The Morgan fingerprint density at radius 1 is 1.32 bits per heavy atom. The van der Waals surface area contributed by atoms with Crippen LogP contribution in [0.4, 0.5) is 0 Å². The Balaban J connectivity index is 1.71. The summed E-state index contributed by atoms with van der Waals surface area (Å²) in [6.45, 7) is 4.42. The predicted molar refractivity (Wildman–Crippen MR) is 80.9 cm³/mol. The normalized spacial score (nSPS) is 18.9. The molecule has 0 N–H and O–H groups in total. The molecule has 0 bridgehead atoms. The quantitative estimate of drug-likeness (QED) is 0.571. The molecular weight excluding hydrogens is 284 g/mol. The molecule has 0 aromatic heterocycles. The number of ether oxygens (including phenoxy) is 3. The summed E-state index contributed by atoms with van der Waals surface area (Å²) in [5.41, 5.74) is 1.61. The first-order valence-electron chi connectivity index (χ1n) is 7.56. The molecule has 2 unspecified atom stereocenters. The van der Waals surface area contributed by atoms with E-state index in [1.165, 1.54) is 0 Å². The Labute approximate surface area is 130 Å². The number of carbonyl (C=O) groups is 2. The van der Waals surface area contributed by atoms with E-state index in [-0.39, 0.29) is 18.5 Å². The molecule has 0 radical (unpaired) electrons. The predicted octanol–water partition coefficient (Wildman–Crippen LogP) is 2.31. The van der Waals surface area contributed by atoms with Crippen LogP contribution in [0.5, 0.6) is 0 Å². The van der Waals surface area contributed by atoms with Crippen molar-refractivity contribution in [1.82, 2.24) is 0 Å². The van der Waals surface area contributed by atoms with Crippen molar-refractivity contribution in [3.8, 4) is 0 Å². The zero-order chi connectivity index (χ0) is 15.9. The van der Waals surface area contributed by atoms with Crippen molar-refractivity contribution in [3.63, 3.8) is 0 Å². The molecule has 1 aliphatic rings. The summed E-state index contributed by atoms with van der Waals surface area (Å²) in [6, 6.07) is 7.15. The van der Waals surface area contributed by atoms with E-state index in [0.29, 0.717) is 12.2 Å². The molecule has 2 rings (SSSR count). The Kier molecular flexibility index (Phi) is 6.10. The summed E-state index contributed by atoms with van der Waals surface area (Å²) >= 11 is 0. The standard InChI is InChI=1S/C17H22O5/c1-12-5-7-14(8-6-12)16(18)11-22-17(19)13(2)21-10-15-4-3-9-20-15/h5-8,13,15H,3-4,9-11H2,1-2H3. The largest absolute Gasteiger partial charge is 0.455 e. The first-order chi connectivity index (χ1) is 10.6. The molecule has 1 heterocycles. The maximum absolute atomic E-state index is 11.9. The monoisotopic (exact) mass is 306 g/mol. The second-order valence-corrected chi connectivity index (χ2v) is 5.51. The van der Waals surface area contributed by atoms with Crippen LogP contribution in [0, 0.1) is 6.92 Å². The van der Waals surface area contributed by atoms with Crippen LogP contribution in [0.1, 0.15) is 35.7 Å². The molecule has 0 saturated carbocycles. The Hall–Kier alpha value is -1.72. The van der Waals surface area contributed by atoms with Gasteiger partial charge >= 0.3 is 5.97 Å². The molecule has 1 saturated heterocycles. The Bertz CT molecular complexity index is 502. The highest BCUT2D eigenvalue weighted by Gasteiger charge is 2.21. The maximum Gasteiger partial charge on any atom is 0.335 e. The Morgan fingerprint density at radius 2 is 2.05 bits per heavy atom. The van der Waals surface area contributed by atoms with E-state index >= 15 is 0 Å². The molecule has 1 aliphatic heterocycles. The third kappa shape index (κ3) is 4.93. The Morgan fingerprint density at radius 3 is 2.68 bits per heavy atom. The molecule has 1 fully saturated rings. The molecule has 22 heavy (non-hydrogen) atoms. The SMILES string of the molecule is Cc1ccc(C(=O)COC(=O)C(C)OCC2CCCO2)cc1. The summed E-state index contributed by atoms with van der Waals surface area (Å²) in [6.07, 6.45) is 1.34. The fourth-order valence-corrected chi connectivity index (χ4v) is 2.17. The second kappa shape index (κ2) is 8.06. The van der Waals surface area contributed by atoms with Gasteiger partial charge in [0.1, 0.15) is 0 Å². The first kappa shape index (κ1) is 16.6. The molecule has 5 heteroatoms. The van der Waals surface area contributed by atoms with E-state index in [1.807, 2.05) is 19.1 Å². The van der Waals surface area contributed by atoms with Crippen molar-refractivity contribution in [1.29, 1.82) is 0 Å². The second-order valence-electron chi connectivity index (χ2n) is 5.51. The van der Waals surface area contributed by atoms with Crippen molar-refractivity contribution in [2.75, 3.05) is 19.8 Å². The van der Waals surface area contributed by atoms with E-state index < -0.39 is 12.1 Å². The van der Waals surface area contributed by atoms with E-state index in [2.05, 4.69) is 0 Å². The highest BCUT2D eigenvalue weighted by atomic mass is 16.6. The number of Topliss-reactive ketones (excluding diaryl/α,β-unsaturated/α-hetero) is 1. The van der Waals surface area contributed by atoms with Gasteiger partial charge in [0, 0.05) is 12.2 Å². The third-order valence-corrected chi connectivity index (χ3v) is 3.61. The highest BCUT2D eigenvalue weighted by Crippen LogP contribution is 2.13. The minimum atomic E-state index is -0.699. The van der Waals surface area contributed by atoms with Crippen LogP contribution in [-0.4, -0.2) is 43.8 Å². The van der Waals surface area contributed by atoms with Crippen molar-refractivity contribution in [3.05, 3.63) is 35.4 Å². The van der Waals surface area contributed by atoms with Gasteiger partial charge in [-0.25, -0.2) is 4.79 Å². The topological polar surface area (TPSA) is 61.8 Å². The molecule has 0 spiro atoms. The van der Waals surface area contributed by atoms with Gasteiger partial charge in [0.2, 0.25) is 0 Å². The summed E-state index contributed by atoms with van der Waals surface area (Å²) < 4.78 is 15.9. The van der Waals surface area contributed by atoms with E-state index in [4.69, 9.17) is 14.2 Å². The minimum absolute atomic E-state index is 0.0597. The van der Waals surface area contributed by atoms with E-state index in [9.17, 15) is 9.59 Å². The van der Waals surface area contributed by atoms with Crippen molar-refractivity contribution in [2.45, 2.75) is 38.9 Å². The van der Waals surface area contributed by atoms with Gasteiger partial charge in [-0.2, -0.15) is 0 Å². The van der Waals surface area contributed by atoms with Crippen LogP contribution in [0.25, 0.3) is 0 Å². The number of ketones is 1. The number of rotatable bonds is 7. The molecular formula is C17H22O5. The number of benzene rings is 1. The lowest BCUT2D eigenvalue weighted by Gasteiger charge is -2.15. The van der Waals surface area contributed by atoms with Crippen molar-refractivity contribution < 1.29 is 23.8 Å². The van der Waals surface area contributed by atoms with Gasteiger partial charge in [0.25, 0.3) is 0 Å². The summed E-state index contributed by atoms with van der Waals surface area (Å²) in [4.78, 5) is 23.7. The summed E-state index contributed by atoms with van der Waals surface area (Å²) in [7, 11) is 0. The van der Waals surface area contributed by atoms with Crippen molar-refractivity contribution in [2.24, 2.45) is 0 Å². The fourth-order valence-electron chi connectivity index (χ4n) is 2.17. The summed E-state index contributed by atoms with van der Waals surface area (Å²) in [5.74, 6) is -0.752. The lowest BCUT2D eigenvalue weighted by Crippen LogP contribution is -2.28. The number of hydrogen-bond donors (Lipinski definition) is 0. The van der Waals surface area contributed by atoms with Gasteiger partial charge in [-0.3, -0.25) is 4.79 Å². The molecule has 0 aliphatic carbocycles. The van der Waals surface area contributed by atoms with Crippen LogP contribution in [0.2, 0.25) is 0 Å². The van der Waals surface area contributed by atoms with E-state index in [0.717, 1.165) is 25.0 Å². The maximum atomic E-state index is 11.9. The third-order valence-electron chi connectivity index (χ3n) is 3.61. The average Bonchev–Trinajstić information content (AvgIpc) is 3.04. The number of esters is 1. The van der Waals surface area contributed by atoms with Gasteiger partial charge in [-0.05, 0) is 26.7 Å². The highest BCUT2D eigenvalue weighted by molar-refractivity contribution is 5.98. The molecule has 120 valence electrons. The average molecular weight is 306 g/mol. The lowest BCUT2D eigenvalue weighted by molar-refractivity contribution is -0.156. The van der Waals surface area contributed by atoms with Gasteiger partial charge in [0.05, 0.1) is 12.7 Å². The van der Waals surface area contributed by atoms with Crippen LogP contribution in [0.3, 0.4) is 0 Å². The zero-order valence-corrected chi connectivity index (χ0v) is 13.0. The number of hydrogen-bond acceptors (Lipinski definition) is 5. The molecule has 5 nitrogen and oxygen atoms in total. The lowest BCUT2D eigenvalue weighted by atomic mass is 10.1. The number of aryl methyl sites for hydroxylation is 1. The smallest absolute Gasteiger partial charge is 0.335 e. The van der Waals surface area contributed by atoms with E-state index in [1.54, 1.807) is 19.1 Å². The molecule has 1 aromatic carbocycles.